The third-order valence-electron chi connectivity index (χ3n) is 2.31. The molecular formula is C9H18N2O3. The quantitative estimate of drug-likeness (QED) is 0.533. The zero-order valence-electron chi connectivity index (χ0n) is 8.24. The van der Waals surface area contributed by atoms with Crippen LogP contribution in [-0.4, -0.2) is 42.9 Å². The first kappa shape index (κ1) is 11.4. The van der Waals surface area contributed by atoms with Crippen LogP contribution in [0.3, 0.4) is 0 Å². The molecular weight excluding hydrogens is 184 g/mol. The second-order valence-electron chi connectivity index (χ2n) is 3.56. The van der Waals surface area contributed by atoms with Crippen molar-refractivity contribution in [3.63, 3.8) is 0 Å². The summed E-state index contributed by atoms with van der Waals surface area (Å²) in [6.07, 6.45) is 2.47. The summed E-state index contributed by atoms with van der Waals surface area (Å²) in [7, 11) is 0. The highest BCUT2D eigenvalue weighted by Gasteiger charge is 2.15. The van der Waals surface area contributed by atoms with Crippen LogP contribution < -0.4 is 11.1 Å². The van der Waals surface area contributed by atoms with E-state index in [4.69, 9.17) is 15.6 Å². The Labute approximate surface area is 83.6 Å². The molecule has 1 rings (SSSR count). The summed E-state index contributed by atoms with van der Waals surface area (Å²) < 4.78 is 5.46. The van der Waals surface area contributed by atoms with Crippen LogP contribution in [0.2, 0.25) is 0 Å². The number of aliphatic hydroxyl groups is 1. The second-order valence-corrected chi connectivity index (χ2v) is 3.56. The molecule has 1 amide bonds. The number of carbonyl (C=O) groups excluding carboxylic acids is 1. The number of hydrogen-bond acceptors (Lipinski definition) is 4. The fraction of sp³-hybridized carbons (Fsp3) is 0.889. The van der Waals surface area contributed by atoms with Crippen molar-refractivity contribution >= 4 is 5.91 Å². The average molecular weight is 202 g/mol. The molecule has 0 radical (unpaired) electrons. The number of nitrogens with one attached hydrogen (secondary N) is 1. The number of ether oxygens (including phenoxy) is 1. The lowest BCUT2D eigenvalue weighted by Crippen LogP contribution is -2.41. The molecule has 1 heterocycles. The van der Waals surface area contributed by atoms with Crippen LogP contribution in [0.15, 0.2) is 0 Å². The predicted molar refractivity (Wildman–Crippen MR) is 51.7 cm³/mol. The minimum absolute atomic E-state index is 0.204. The Kier molecular flexibility index (Phi) is 4.86. The molecule has 0 aliphatic carbocycles. The van der Waals surface area contributed by atoms with Crippen molar-refractivity contribution < 1.29 is 14.6 Å². The molecule has 1 aliphatic heterocycles. The van der Waals surface area contributed by atoms with Gasteiger partial charge in [0.25, 0.3) is 0 Å². The number of aliphatic hydroxyl groups excluding tert-OH is 1. The molecule has 0 aromatic rings. The van der Waals surface area contributed by atoms with Gasteiger partial charge in [-0.15, -0.1) is 0 Å². The Hall–Kier alpha value is -0.650. The molecule has 0 spiro atoms. The molecule has 0 saturated carbocycles. The van der Waals surface area contributed by atoms with Crippen LogP contribution in [0, 0.1) is 0 Å². The van der Waals surface area contributed by atoms with Gasteiger partial charge in [0.2, 0.25) is 5.91 Å². The molecule has 4 N–H and O–H groups in total. The van der Waals surface area contributed by atoms with Gasteiger partial charge in [0.05, 0.1) is 6.10 Å². The van der Waals surface area contributed by atoms with Crippen LogP contribution in [0.5, 0.6) is 0 Å². The molecule has 0 aromatic heterocycles. The normalized spacial score (nSPS) is 24.5. The Morgan fingerprint density at radius 2 is 2.43 bits per heavy atom. The molecule has 2 atom stereocenters. The van der Waals surface area contributed by atoms with Crippen molar-refractivity contribution in [1.82, 2.24) is 5.32 Å². The largest absolute Gasteiger partial charge is 0.382 e. The highest BCUT2D eigenvalue weighted by atomic mass is 16.5. The lowest BCUT2D eigenvalue weighted by Gasteiger charge is -2.23. The molecule has 0 bridgehead atoms. The lowest BCUT2D eigenvalue weighted by atomic mass is 10.1. The second kappa shape index (κ2) is 5.95. The van der Waals surface area contributed by atoms with E-state index in [1.165, 1.54) is 6.42 Å². The summed E-state index contributed by atoms with van der Waals surface area (Å²) in [6.45, 7) is 1.68. The molecule has 0 aromatic carbocycles. The SMILES string of the molecule is NC(=O)C(O)CNCC1CCCCO1. The highest BCUT2D eigenvalue weighted by molar-refractivity contribution is 5.78. The maximum Gasteiger partial charge on any atom is 0.247 e. The highest BCUT2D eigenvalue weighted by Crippen LogP contribution is 2.11. The van der Waals surface area contributed by atoms with E-state index in [0.717, 1.165) is 19.4 Å². The van der Waals surface area contributed by atoms with E-state index < -0.39 is 12.0 Å². The summed E-state index contributed by atoms with van der Waals surface area (Å²) in [6, 6.07) is 0. The summed E-state index contributed by atoms with van der Waals surface area (Å²) in [5, 5.41) is 12.0. The van der Waals surface area contributed by atoms with Crippen LogP contribution in [0.4, 0.5) is 0 Å². The molecule has 5 heteroatoms. The van der Waals surface area contributed by atoms with E-state index in [2.05, 4.69) is 5.32 Å². The smallest absolute Gasteiger partial charge is 0.247 e. The first-order valence-electron chi connectivity index (χ1n) is 5.00. The summed E-state index contributed by atoms with van der Waals surface area (Å²) >= 11 is 0. The van der Waals surface area contributed by atoms with E-state index in [-0.39, 0.29) is 12.6 Å². The van der Waals surface area contributed by atoms with E-state index in [1.807, 2.05) is 0 Å². The predicted octanol–water partition coefficient (Wildman–Crippen LogP) is -1.01. The molecule has 2 unspecified atom stereocenters. The third kappa shape index (κ3) is 4.04. The van der Waals surface area contributed by atoms with Gasteiger partial charge >= 0.3 is 0 Å². The summed E-state index contributed by atoms with van der Waals surface area (Å²) in [5.41, 5.74) is 4.90. The van der Waals surface area contributed by atoms with Gasteiger partial charge in [-0.05, 0) is 19.3 Å². The van der Waals surface area contributed by atoms with Gasteiger partial charge in [-0.2, -0.15) is 0 Å². The van der Waals surface area contributed by atoms with Gasteiger partial charge in [0.1, 0.15) is 6.10 Å². The number of primary amides is 1. The van der Waals surface area contributed by atoms with Gasteiger partial charge in [0, 0.05) is 19.7 Å². The maximum absolute atomic E-state index is 10.5. The van der Waals surface area contributed by atoms with Crippen molar-refractivity contribution in [2.45, 2.75) is 31.5 Å². The molecule has 5 nitrogen and oxygen atoms in total. The van der Waals surface area contributed by atoms with Crippen LogP contribution >= 0.6 is 0 Å². The molecule has 82 valence electrons. The van der Waals surface area contributed by atoms with Gasteiger partial charge in [-0.3, -0.25) is 4.79 Å². The Morgan fingerprint density at radius 1 is 1.64 bits per heavy atom. The molecule has 1 fully saturated rings. The molecule has 14 heavy (non-hydrogen) atoms. The Balaban J connectivity index is 2.05. The zero-order valence-corrected chi connectivity index (χ0v) is 8.24. The lowest BCUT2D eigenvalue weighted by molar-refractivity contribution is -0.125. The third-order valence-corrected chi connectivity index (χ3v) is 2.31. The van der Waals surface area contributed by atoms with Crippen molar-refractivity contribution in [2.24, 2.45) is 5.73 Å². The van der Waals surface area contributed by atoms with Gasteiger partial charge in [0.15, 0.2) is 0 Å². The first-order valence-corrected chi connectivity index (χ1v) is 5.00. The van der Waals surface area contributed by atoms with E-state index in [1.54, 1.807) is 0 Å². The number of nitrogens with two attached hydrogens (primary N) is 1. The van der Waals surface area contributed by atoms with Crippen molar-refractivity contribution in [1.29, 1.82) is 0 Å². The van der Waals surface area contributed by atoms with E-state index >= 15 is 0 Å². The standard InChI is InChI=1S/C9H18N2O3/c10-9(13)8(12)6-11-5-7-3-1-2-4-14-7/h7-8,11-12H,1-6H2,(H2,10,13). The summed E-state index contributed by atoms with van der Waals surface area (Å²) in [4.78, 5) is 10.5. The number of rotatable bonds is 5. The van der Waals surface area contributed by atoms with Crippen molar-refractivity contribution in [2.75, 3.05) is 19.7 Å². The van der Waals surface area contributed by atoms with Crippen LogP contribution in [0.1, 0.15) is 19.3 Å². The summed E-state index contributed by atoms with van der Waals surface area (Å²) in [5.74, 6) is -0.693. The average Bonchev–Trinajstić information content (AvgIpc) is 2.19. The fourth-order valence-electron chi connectivity index (χ4n) is 1.45. The van der Waals surface area contributed by atoms with Gasteiger partial charge < -0.3 is 20.9 Å². The maximum atomic E-state index is 10.5. The topological polar surface area (TPSA) is 84.6 Å². The molecule has 1 saturated heterocycles. The van der Waals surface area contributed by atoms with Gasteiger partial charge in [-0.25, -0.2) is 0 Å². The van der Waals surface area contributed by atoms with Crippen molar-refractivity contribution in [3.05, 3.63) is 0 Å². The Bertz CT molecular complexity index is 181. The van der Waals surface area contributed by atoms with E-state index in [9.17, 15) is 4.79 Å². The fourth-order valence-corrected chi connectivity index (χ4v) is 1.45. The Morgan fingerprint density at radius 3 is 3.00 bits per heavy atom. The zero-order chi connectivity index (χ0) is 10.4. The minimum Gasteiger partial charge on any atom is -0.382 e. The monoisotopic (exact) mass is 202 g/mol. The van der Waals surface area contributed by atoms with E-state index in [0.29, 0.717) is 6.54 Å². The number of carbonyl (C=O) groups is 1. The first-order chi connectivity index (χ1) is 6.70. The van der Waals surface area contributed by atoms with Gasteiger partial charge in [-0.1, -0.05) is 0 Å². The number of hydrogen-bond donors (Lipinski definition) is 3. The van der Waals surface area contributed by atoms with Crippen LogP contribution in [0.25, 0.3) is 0 Å². The molecule has 1 aliphatic rings. The van der Waals surface area contributed by atoms with Crippen molar-refractivity contribution in [3.8, 4) is 0 Å². The van der Waals surface area contributed by atoms with Crippen LogP contribution in [-0.2, 0) is 9.53 Å². The number of amides is 1. The minimum atomic E-state index is -1.10.